The number of rotatable bonds is 6. The Labute approximate surface area is 128 Å². The Balaban J connectivity index is 3.18. The maximum Gasteiger partial charge on any atom is 0.350 e. The van der Waals surface area contributed by atoms with Crippen LogP contribution in [0, 0.1) is 0 Å². The number of carbonyl (C=O) groups is 2. The molecular weight excluding hydrogens is 294 g/mol. The molecule has 0 atom stereocenters. The zero-order valence-corrected chi connectivity index (χ0v) is 12.8. The van der Waals surface area contributed by atoms with E-state index in [1.807, 2.05) is 19.0 Å². The minimum atomic E-state index is -0.765. The van der Waals surface area contributed by atoms with Gasteiger partial charge in [-0.3, -0.25) is 4.79 Å². The van der Waals surface area contributed by atoms with Gasteiger partial charge in [-0.05, 0) is 27.1 Å². The van der Waals surface area contributed by atoms with Gasteiger partial charge in [0.1, 0.15) is 5.69 Å². The number of aromatic nitrogens is 2. The maximum absolute atomic E-state index is 12.3. The van der Waals surface area contributed by atoms with E-state index in [1.165, 1.54) is 12.4 Å². The molecule has 0 radical (unpaired) electrons. The van der Waals surface area contributed by atoms with Crippen LogP contribution in [0.1, 0.15) is 17.4 Å². The van der Waals surface area contributed by atoms with E-state index in [0.717, 1.165) is 0 Å². The summed E-state index contributed by atoms with van der Waals surface area (Å²) in [5.41, 5.74) is 2.31. The van der Waals surface area contributed by atoms with Crippen LogP contribution in [0.25, 0.3) is 0 Å². The molecule has 1 aromatic heterocycles. The molecule has 0 fully saturated rings. The molecule has 0 amide bonds. The fourth-order valence-electron chi connectivity index (χ4n) is 1.34. The van der Waals surface area contributed by atoms with E-state index in [2.05, 4.69) is 15.7 Å². The topological polar surface area (TPSA) is 72.4 Å². The highest BCUT2D eigenvalue weighted by Crippen LogP contribution is 2.14. The van der Waals surface area contributed by atoms with E-state index < -0.39 is 11.8 Å². The van der Waals surface area contributed by atoms with Gasteiger partial charge in [0.05, 0.1) is 6.61 Å². The third-order valence-corrected chi connectivity index (χ3v) is 2.55. The molecule has 0 saturated heterocycles. The Bertz CT molecular complexity index is 593. The Morgan fingerprint density at radius 2 is 2.05 bits per heavy atom. The first-order chi connectivity index (χ1) is 9.97. The lowest BCUT2D eigenvalue weighted by atomic mass is 10.1. The zero-order valence-electron chi connectivity index (χ0n) is 12.1. The number of likely N-dealkylation sites (N-methyl/N-ethyl adjacent to an activating group) is 1. The molecule has 6 nitrogen and oxygen atoms in total. The second kappa shape index (κ2) is 8.32. The summed E-state index contributed by atoms with van der Waals surface area (Å²) in [6, 6.07) is 0. The van der Waals surface area contributed by atoms with Crippen molar-refractivity contribution in [3.05, 3.63) is 40.6 Å². The lowest BCUT2D eigenvalue weighted by molar-refractivity contribution is -0.138. The van der Waals surface area contributed by atoms with Crippen molar-refractivity contribution in [2.75, 3.05) is 27.2 Å². The largest absolute Gasteiger partial charge is 0.462 e. The van der Waals surface area contributed by atoms with E-state index in [-0.39, 0.29) is 23.0 Å². The van der Waals surface area contributed by atoms with Crippen molar-refractivity contribution < 1.29 is 14.3 Å². The average molecular weight is 310 g/mol. The highest BCUT2D eigenvalue weighted by molar-refractivity contribution is 6.35. The first-order valence-corrected chi connectivity index (χ1v) is 6.63. The Kier molecular flexibility index (Phi) is 6.75. The van der Waals surface area contributed by atoms with E-state index in [9.17, 15) is 9.59 Å². The molecule has 7 heteroatoms. The molecule has 1 aromatic rings. The molecule has 0 aliphatic rings. The Morgan fingerprint density at radius 3 is 2.62 bits per heavy atom. The van der Waals surface area contributed by atoms with Crippen LogP contribution in [0.15, 0.2) is 29.8 Å². The molecule has 21 heavy (non-hydrogen) atoms. The van der Waals surface area contributed by atoms with Crippen LogP contribution in [0.3, 0.4) is 0 Å². The van der Waals surface area contributed by atoms with Gasteiger partial charge in [0.25, 0.3) is 0 Å². The predicted octanol–water partition coefficient (Wildman–Crippen LogP) is 1.52. The van der Waals surface area contributed by atoms with Gasteiger partial charge in [-0.25, -0.2) is 14.8 Å². The molecule has 112 valence electrons. The molecule has 0 aliphatic carbocycles. The molecule has 0 aromatic carbocycles. The van der Waals surface area contributed by atoms with Crippen LogP contribution in [0.4, 0.5) is 0 Å². The molecule has 0 bridgehead atoms. The van der Waals surface area contributed by atoms with Gasteiger partial charge in [-0.2, -0.15) is 0 Å². The molecule has 0 saturated carbocycles. The monoisotopic (exact) mass is 309 g/mol. The summed E-state index contributed by atoms with van der Waals surface area (Å²) < 4.78 is 4.86. The summed E-state index contributed by atoms with van der Waals surface area (Å²) in [4.78, 5) is 33.7. The number of Topliss-reactive ketones (excluding diaryl/α,β-unsaturated/α-hetero) is 1. The van der Waals surface area contributed by atoms with Crippen LogP contribution in [0.2, 0.25) is 5.15 Å². The number of esters is 1. The first-order valence-electron chi connectivity index (χ1n) is 6.25. The Hall–Kier alpha value is -2.01. The number of hydrogen-bond acceptors (Lipinski definition) is 6. The smallest absolute Gasteiger partial charge is 0.350 e. The second-order valence-electron chi connectivity index (χ2n) is 4.23. The van der Waals surface area contributed by atoms with E-state index >= 15 is 0 Å². The van der Waals surface area contributed by atoms with Crippen molar-refractivity contribution in [2.45, 2.75) is 6.92 Å². The SMILES string of the molecule is CCOC(=O)C(=C=CCN(C)C)C(=O)c1nccnc1Cl. The van der Waals surface area contributed by atoms with Gasteiger partial charge in [0, 0.05) is 18.9 Å². The van der Waals surface area contributed by atoms with Crippen LogP contribution in [-0.4, -0.2) is 53.9 Å². The summed E-state index contributed by atoms with van der Waals surface area (Å²) in [5, 5.41) is -0.0706. The van der Waals surface area contributed by atoms with Crippen molar-refractivity contribution in [1.29, 1.82) is 0 Å². The molecule has 0 unspecified atom stereocenters. The van der Waals surface area contributed by atoms with Crippen molar-refractivity contribution in [3.63, 3.8) is 0 Å². The number of ether oxygens (including phenoxy) is 1. The maximum atomic E-state index is 12.3. The highest BCUT2D eigenvalue weighted by atomic mass is 35.5. The summed E-state index contributed by atoms with van der Waals surface area (Å²) in [6.45, 7) is 2.32. The normalized spacial score (nSPS) is 9.95. The van der Waals surface area contributed by atoms with Crippen LogP contribution in [0.5, 0.6) is 0 Å². The molecule has 0 aliphatic heterocycles. The fraction of sp³-hybridized carbons (Fsp3) is 0.357. The van der Waals surface area contributed by atoms with Crippen molar-refractivity contribution in [2.24, 2.45) is 0 Å². The zero-order chi connectivity index (χ0) is 15.8. The van der Waals surface area contributed by atoms with Crippen molar-refractivity contribution >= 4 is 23.4 Å². The van der Waals surface area contributed by atoms with Gasteiger partial charge in [0.2, 0.25) is 5.78 Å². The fourth-order valence-corrected chi connectivity index (χ4v) is 1.53. The lowest BCUT2D eigenvalue weighted by Gasteiger charge is -2.05. The quantitative estimate of drug-likeness (QED) is 0.198. The van der Waals surface area contributed by atoms with Gasteiger partial charge in [-0.1, -0.05) is 11.6 Å². The molecular formula is C14H16ClN3O3. The summed E-state index contributed by atoms with van der Waals surface area (Å²) >= 11 is 5.82. The van der Waals surface area contributed by atoms with Crippen molar-refractivity contribution in [1.82, 2.24) is 14.9 Å². The minimum absolute atomic E-state index is 0.0706. The van der Waals surface area contributed by atoms with E-state index in [0.29, 0.717) is 6.54 Å². The average Bonchev–Trinajstić information content (AvgIpc) is 2.43. The van der Waals surface area contributed by atoms with Crippen LogP contribution in [-0.2, 0) is 9.53 Å². The van der Waals surface area contributed by atoms with Crippen LogP contribution < -0.4 is 0 Å². The molecule has 0 N–H and O–H groups in total. The van der Waals surface area contributed by atoms with Gasteiger partial charge >= 0.3 is 5.97 Å². The highest BCUT2D eigenvalue weighted by Gasteiger charge is 2.24. The number of carbonyl (C=O) groups excluding carboxylic acids is 2. The van der Waals surface area contributed by atoms with Gasteiger partial charge in [-0.15, -0.1) is 5.73 Å². The number of nitrogens with zero attached hydrogens (tertiary/aromatic N) is 3. The first kappa shape index (κ1) is 17.0. The number of halogens is 1. The van der Waals surface area contributed by atoms with Crippen molar-refractivity contribution in [3.8, 4) is 0 Å². The summed E-state index contributed by atoms with van der Waals surface area (Å²) in [5.74, 6) is -1.43. The molecule has 0 spiro atoms. The van der Waals surface area contributed by atoms with Gasteiger partial charge in [0.15, 0.2) is 10.7 Å². The number of hydrogen-bond donors (Lipinski definition) is 0. The van der Waals surface area contributed by atoms with Crippen LogP contribution >= 0.6 is 11.6 Å². The predicted molar refractivity (Wildman–Crippen MR) is 78.2 cm³/mol. The third kappa shape index (κ3) is 5.11. The molecule has 1 rings (SSSR count). The molecule has 1 heterocycles. The lowest BCUT2D eigenvalue weighted by Crippen LogP contribution is -2.17. The van der Waals surface area contributed by atoms with E-state index in [4.69, 9.17) is 16.3 Å². The summed E-state index contributed by atoms with van der Waals surface area (Å²) in [7, 11) is 3.70. The number of ketones is 1. The third-order valence-electron chi connectivity index (χ3n) is 2.28. The Morgan fingerprint density at radius 1 is 1.38 bits per heavy atom. The van der Waals surface area contributed by atoms with Gasteiger partial charge < -0.3 is 9.64 Å². The van der Waals surface area contributed by atoms with E-state index in [1.54, 1.807) is 13.0 Å². The minimum Gasteiger partial charge on any atom is -0.462 e. The standard InChI is InChI=1S/C14H16ClN3O3/c1-4-21-14(20)10(6-5-9-18(2)3)12(19)11-13(15)17-8-7-16-11/h5,7-8H,4,9H2,1-3H3. The second-order valence-corrected chi connectivity index (χ2v) is 4.59. The summed E-state index contributed by atoms with van der Waals surface area (Å²) in [6.07, 6.45) is 4.24.